The van der Waals surface area contributed by atoms with Crippen LogP contribution in [0.1, 0.15) is 45.0 Å². The average molecular weight is 528 g/mol. The lowest BCUT2D eigenvalue weighted by molar-refractivity contribution is -0.140. The highest BCUT2D eigenvalue weighted by molar-refractivity contribution is 5.94. The van der Waals surface area contributed by atoms with Gasteiger partial charge < -0.3 is 24.8 Å². The van der Waals surface area contributed by atoms with Crippen molar-refractivity contribution in [1.82, 2.24) is 14.5 Å². The van der Waals surface area contributed by atoms with Crippen LogP contribution in [0.3, 0.4) is 0 Å². The molecule has 6 nitrogen and oxygen atoms in total. The van der Waals surface area contributed by atoms with Gasteiger partial charge in [-0.3, -0.25) is 4.98 Å². The zero-order chi connectivity index (χ0) is 27.5. The summed E-state index contributed by atoms with van der Waals surface area (Å²) in [4.78, 5) is 6.79. The monoisotopic (exact) mass is 527 g/mol. The number of piperidine rings is 1. The van der Waals surface area contributed by atoms with Crippen LogP contribution in [0.2, 0.25) is 0 Å². The summed E-state index contributed by atoms with van der Waals surface area (Å²) in [6.45, 7) is 7.32. The van der Waals surface area contributed by atoms with E-state index in [2.05, 4.69) is 60.2 Å². The van der Waals surface area contributed by atoms with E-state index < -0.39 is 12.7 Å². The Morgan fingerprint density at radius 2 is 1.84 bits per heavy atom. The van der Waals surface area contributed by atoms with Gasteiger partial charge >= 0.3 is 6.18 Å². The number of hydrogen-bond acceptors (Lipinski definition) is 5. The number of nitrogens with zero attached hydrogens (tertiary/aromatic N) is 3. The number of fused-ring (bicyclic) bond motifs is 1. The Bertz CT molecular complexity index is 1320. The third-order valence-electron chi connectivity index (χ3n) is 6.80. The summed E-state index contributed by atoms with van der Waals surface area (Å²) < 4.78 is 47.3. The Morgan fingerprint density at radius 3 is 2.50 bits per heavy atom. The zero-order valence-corrected chi connectivity index (χ0v) is 22.7. The molecule has 1 aliphatic heterocycles. The average Bonchev–Trinajstić information content (AvgIpc) is 3.19. The van der Waals surface area contributed by atoms with Crippen molar-refractivity contribution in [3.05, 3.63) is 47.9 Å². The van der Waals surface area contributed by atoms with Crippen LogP contribution in [0.25, 0.3) is 10.9 Å². The normalized spacial score (nSPS) is 15.3. The summed E-state index contributed by atoms with van der Waals surface area (Å²) in [6, 6.07) is 9.37. The first kappa shape index (κ1) is 27.6. The van der Waals surface area contributed by atoms with Crippen LogP contribution in [0.15, 0.2) is 36.5 Å². The van der Waals surface area contributed by atoms with E-state index >= 15 is 0 Å². The number of rotatable bonds is 6. The molecular weight excluding hydrogens is 491 g/mol. The summed E-state index contributed by atoms with van der Waals surface area (Å²) in [7, 11) is 3.69. The molecule has 3 heterocycles. The molecule has 1 aliphatic rings. The van der Waals surface area contributed by atoms with Crippen molar-refractivity contribution < 1.29 is 17.9 Å². The van der Waals surface area contributed by atoms with Gasteiger partial charge in [0.1, 0.15) is 12.3 Å². The van der Waals surface area contributed by atoms with Crippen molar-refractivity contribution in [2.24, 2.45) is 0 Å². The number of benzene rings is 1. The maximum Gasteiger partial charge on any atom is 0.406 e. The van der Waals surface area contributed by atoms with Crippen molar-refractivity contribution in [3.8, 4) is 17.6 Å². The Hall–Kier alpha value is -3.38. The van der Waals surface area contributed by atoms with E-state index in [0.29, 0.717) is 22.6 Å². The van der Waals surface area contributed by atoms with Gasteiger partial charge in [-0.05, 0) is 57.1 Å². The smallest absolute Gasteiger partial charge is 0.406 e. The minimum Gasteiger partial charge on any atom is -0.494 e. The predicted molar refractivity (Wildman–Crippen MR) is 147 cm³/mol. The van der Waals surface area contributed by atoms with Crippen LogP contribution in [-0.2, 0) is 12.0 Å². The molecule has 0 aliphatic carbocycles. The molecule has 0 radical (unpaired) electrons. The topological polar surface area (TPSA) is 54.4 Å². The number of pyridine rings is 1. The molecule has 0 amide bonds. The lowest BCUT2D eigenvalue weighted by Gasteiger charge is -2.30. The van der Waals surface area contributed by atoms with Crippen molar-refractivity contribution in [2.75, 3.05) is 44.4 Å². The molecule has 0 unspecified atom stereocenters. The second kappa shape index (κ2) is 11.2. The van der Waals surface area contributed by atoms with E-state index in [4.69, 9.17) is 4.74 Å². The third-order valence-corrected chi connectivity index (χ3v) is 6.80. The fourth-order valence-corrected chi connectivity index (χ4v) is 4.66. The molecule has 0 bridgehead atoms. The highest BCUT2D eigenvalue weighted by Gasteiger charge is 2.30. The van der Waals surface area contributed by atoms with Crippen LogP contribution < -0.4 is 15.4 Å². The summed E-state index contributed by atoms with van der Waals surface area (Å²) in [5.41, 5.74) is 3.13. The van der Waals surface area contributed by atoms with Gasteiger partial charge in [-0.2, -0.15) is 13.2 Å². The standard InChI is InChI=1S/C29H36F3N5O/c1-28(2,3)27-17-26(38-5)24(18-34-27)33-13-7-8-21-16-22-23(35-20-11-14-36(4)15-12-20)9-6-10-25(22)37(21)19-29(30,31)32/h6,9-10,16-18,20,33,35H,11-15,19H2,1-5H3. The van der Waals surface area contributed by atoms with Gasteiger partial charge in [0.15, 0.2) is 0 Å². The minimum atomic E-state index is -4.37. The number of nitrogens with one attached hydrogen (secondary N) is 2. The lowest BCUT2D eigenvalue weighted by Crippen LogP contribution is -2.36. The second-order valence-electron chi connectivity index (χ2n) is 10.9. The molecular formula is C29H36F3N5O. The highest BCUT2D eigenvalue weighted by Crippen LogP contribution is 2.32. The van der Waals surface area contributed by atoms with Crippen LogP contribution >= 0.6 is 0 Å². The quantitative estimate of drug-likeness (QED) is 0.393. The number of hydrogen-bond donors (Lipinski definition) is 2. The van der Waals surface area contributed by atoms with Crippen molar-refractivity contribution in [1.29, 1.82) is 0 Å². The first-order valence-corrected chi connectivity index (χ1v) is 12.9. The van der Waals surface area contributed by atoms with E-state index in [1.807, 2.05) is 12.1 Å². The Kier molecular flexibility index (Phi) is 8.12. The van der Waals surface area contributed by atoms with Gasteiger partial charge in [0.05, 0.1) is 36.7 Å². The molecule has 4 rings (SSSR count). The zero-order valence-electron chi connectivity index (χ0n) is 22.7. The van der Waals surface area contributed by atoms with E-state index in [0.717, 1.165) is 42.7 Å². The largest absolute Gasteiger partial charge is 0.494 e. The maximum atomic E-state index is 13.5. The minimum absolute atomic E-state index is 0.126. The Balaban J connectivity index is 1.58. The van der Waals surface area contributed by atoms with E-state index in [9.17, 15) is 13.2 Å². The van der Waals surface area contributed by atoms with Crippen LogP contribution in [0.4, 0.5) is 24.5 Å². The van der Waals surface area contributed by atoms with Gasteiger partial charge in [-0.15, -0.1) is 0 Å². The Labute approximate surface area is 222 Å². The van der Waals surface area contributed by atoms with Crippen LogP contribution in [-0.4, -0.2) is 60.5 Å². The molecule has 1 fully saturated rings. The summed E-state index contributed by atoms with van der Waals surface area (Å²) in [5, 5.41) is 7.48. The summed E-state index contributed by atoms with van der Waals surface area (Å²) in [5.74, 6) is 6.58. The number of anilines is 2. The highest BCUT2D eigenvalue weighted by atomic mass is 19.4. The lowest BCUT2D eigenvalue weighted by atomic mass is 9.91. The molecule has 204 valence electrons. The first-order valence-electron chi connectivity index (χ1n) is 12.9. The van der Waals surface area contributed by atoms with Gasteiger partial charge in [-0.1, -0.05) is 32.8 Å². The van der Waals surface area contributed by atoms with Crippen molar-refractivity contribution >= 4 is 22.3 Å². The molecule has 0 saturated carbocycles. The van der Waals surface area contributed by atoms with Gasteiger partial charge in [-0.25, -0.2) is 0 Å². The third kappa shape index (κ3) is 6.73. The van der Waals surface area contributed by atoms with E-state index in [-0.39, 0.29) is 18.0 Å². The van der Waals surface area contributed by atoms with E-state index in [1.54, 1.807) is 31.5 Å². The molecule has 38 heavy (non-hydrogen) atoms. The van der Waals surface area contributed by atoms with Gasteiger partial charge in [0.2, 0.25) is 0 Å². The van der Waals surface area contributed by atoms with Gasteiger partial charge in [0, 0.05) is 34.3 Å². The number of halogens is 3. The molecule has 3 aromatic rings. The van der Waals surface area contributed by atoms with Crippen molar-refractivity contribution in [3.63, 3.8) is 0 Å². The van der Waals surface area contributed by atoms with Crippen LogP contribution in [0.5, 0.6) is 5.75 Å². The summed E-state index contributed by atoms with van der Waals surface area (Å²) >= 11 is 0. The molecule has 0 atom stereocenters. The number of aromatic nitrogens is 2. The Morgan fingerprint density at radius 1 is 1.11 bits per heavy atom. The molecule has 2 aromatic heterocycles. The molecule has 1 saturated heterocycles. The summed E-state index contributed by atoms with van der Waals surface area (Å²) in [6.07, 6.45) is -0.693. The molecule has 1 aromatic carbocycles. The SMILES string of the molecule is COc1cc(C(C)(C)C)ncc1NCC#Cc1cc2c(NC3CCN(C)CC3)cccc2n1CC(F)(F)F. The van der Waals surface area contributed by atoms with Crippen molar-refractivity contribution in [2.45, 2.75) is 57.8 Å². The predicted octanol–water partition coefficient (Wildman–Crippen LogP) is 5.87. The van der Waals surface area contributed by atoms with Gasteiger partial charge in [0.25, 0.3) is 0 Å². The number of ether oxygens (including phenoxy) is 1. The maximum absolute atomic E-state index is 13.5. The molecule has 0 spiro atoms. The second-order valence-corrected chi connectivity index (χ2v) is 10.9. The fraction of sp³-hybridized carbons (Fsp3) is 0.483. The molecule has 9 heteroatoms. The number of alkyl halides is 3. The number of likely N-dealkylation sites (tertiary alicyclic amines) is 1. The van der Waals surface area contributed by atoms with Crippen LogP contribution in [0, 0.1) is 11.8 Å². The van der Waals surface area contributed by atoms with E-state index in [1.165, 1.54) is 4.57 Å². The first-order chi connectivity index (χ1) is 17.9. The molecule has 2 N–H and O–H groups in total. The fourth-order valence-electron chi connectivity index (χ4n) is 4.66. The number of methoxy groups -OCH3 is 1.